The predicted octanol–water partition coefficient (Wildman–Crippen LogP) is 2.44. The zero-order valence-electron chi connectivity index (χ0n) is 11.4. The van der Waals surface area contributed by atoms with Crippen LogP contribution in [0.15, 0.2) is 24.3 Å². The molecule has 0 bridgehead atoms. The van der Waals surface area contributed by atoms with Crippen LogP contribution in [0.4, 0.5) is 13.6 Å². The number of hydrogen-bond donors (Lipinski definition) is 2. The molecule has 0 aliphatic heterocycles. The van der Waals surface area contributed by atoms with E-state index in [0.29, 0.717) is 11.0 Å². The van der Waals surface area contributed by atoms with E-state index in [9.17, 15) is 13.6 Å². The monoisotopic (exact) mass is 294 g/mol. The Bertz CT molecular complexity index is 651. The Hall–Kier alpha value is -2.18. The maximum atomic E-state index is 13.2. The summed E-state index contributed by atoms with van der Waals surface area (Å²) in [6.45, 7) is -2.37. The molecule has 1 aliphatic rings. The Kier molecular flexibility index (Phi) is 3.72. The van der Waals surface area contributed by atoms with Crippen LogP contribution < -0.4 is 10.6 Å². The second-order valence-electron chi connectivity index (χ2n) is 5.09. The lowest BCUT2D eigenvalue weighted by Crippen LogP contribution is -2.38. The summed E-state index contributed by atoms with van der Waals surface area (Å²) in [5, 5.41) is 5.44. The van der Waals surface area contributed by atoms with E-state index in [2.05, 4.69) is 15.6 Å². The Morgan fingerprint density at radius 1 is 1.38 bits per heavy atom. The lowest BCUT2D eigenvalue weighted by atomic mass is 10.3. The molecule has 1 aromatic carbocycles. The van der Waals surface area contributed by atoms with Gasteiger partial charge >= 0.3 is 12.6 Å². The van der Waals surface area contributed by atoms with Gasteiger partial charge in [-0.15, -0.1) is 0 Å². The molecule has 112 valence electrons. The Morgan fingerprint density at radius 2 is 2.14 bits per heavy atom. The number of rotatable bonds is 5. The van der Waals surface area contributed by atoms with Gasteiger partial charge in [0.15, 0.2) is 0 Å². The van der Waals surface area contributed by atoms with Gasteiger partial charge in [0.25, 0.3) is 0 Å². The van der Waals surface area contributed by atoms with Gasteiger partial charge in [0.1, 0.15) is 5.82 Å². The molecule has 21 heavy (non-hydrogen) atoms. The molecule has 2 amide bonds. The van der Waals surface area contributed by atoms with Crippen molar-refractivity contribution in [2.75, 3.05) is 6.54 Å². The topological polar surface area (TPSA) is 59.0 Å². The zero-order valence-corrected chi connectivity index (χ0v) is 11.4. The molecule has 5 nitrogen and oxygen atoms in total. The van der Waals surface area contributed by atoms with Gasteiger partial charge < -0.3 is 10.6 Å². The van der Waals surface area contributed by atoms with Gasteiger partial charge in [0.2, 0.25) is 0 Å². The number of amides is 2. The minimum Gasteiger partial charge on any atom is -0.338 e. The van der Waals surface area contributed by atoms with Crippen molar-refractivity contribution in [1.82, 2.24) is 20.2 Å². The predicted molar refractivity (Wildman–Crippen MR) is 74.2 cm³/mol. The van der Waals surface area contributed by atoms with Crippen molar-refractivity contribution in [3.63, 3.8) is 0 Å². The third kappa shape index (κ3) is 3.12. The summed E-state index contributed by atoms with van der Waals surface area (Å²) in [5.41, 5.74) is 0.945. The summed E-state index contributed by atoms with van der Waals surface area (Å²) in [4.78, 5) is 15.7. The number of carbonyl (C=O) groups excluding carboxylic acids is 1. The molecule has 0 radical (unpaired) electrons. The summed E-state index contributed by atoms with van der Waals surface area (Å²) in [6.07, 6.45) is 2.28. The van der Waals surface area contributed by atoms with E-state index in [1.165, 1.54) is 0 Å². The molecule has 0 saturated heterocycles. The highest BCUT2D eigenvalue weighted by Gasteiger charge is 2.23. The molecule has 0 spiro atoms. The number of carbonyl (C=O) groups is 1. The maximum Gasteiger partial charge on any atom is 0.320 e. The fourth-order valence-corrected chi connectivity index (χ4v) is 2.24. The first-order valence-corrected chi connectivity index (χ1v) is 6.93. The van der Waals surface area contributed by atoms with Gasteiger partial charge in [-0.2, -0.15) is 8.78 Å². The van der Waals surface area contributed by atoms with Crippen molar-refractivity contribution in [2.45, 2.75) is 31.9 Å². The van der Waals surface area contributed by atoms with Crippen molar-refractivity contribution in [2.24, 2.45) is 0 Å². The van der Waals surface area contributed by atoms with Crippen LogP contribution in [0.25, 0.3) is 11.0 Å². The normalized spacial score (nSPS) is 14.6. The fourth-order valence-electron chi connectivity index (χ4n) is 2.24. The van der Waals surface area contributed by atoms with E-state index in [4.69, 9.17) is 0 Å². The lowest BCUT2D eigenvalue weighted by molar-refractivity contribution is 0.0715. The first kappa shape index (κ1) is 13.8. The van der Waals surface area contributed by atoms with Crippen molar-refractivity contribution >= 4 is 17.1 Å². The van der Waals surface area contributed by atoms with Gasteiger partial charge in [-0.3, -0.25) is 4.57 Å². The number of para-hydroxylation sites is 2. The molecule has 3 rings (SSSR count). The van der Waals surface area contributed by atoms with Gasteiger partial charge in [-0.05, 0) is 25.0 Å². The molecule has 1 fully saturated rings. The quantitative estimate of drug-likeness (QED) is 0.890. The first-order valence-electron chi connectivity index (χ1n) is 6.93. The minimum absolute atomic E-state index is 0.253. The number of benzene rings is 1. The average molecular weight is 294 g/mol. The molecule has 2 N–H and O–H groups in total. The summed E-state index contributed by atoms with van der Waals surface area (Å²) in [7, 11) is 0. The van der Waals surface area contributed by atoms with Crippen molar-refractivity contribution in [1.29, 1.82) is 0 Å². The van der Waals surface area contributed by atoms with E-state index >= 15 is 0 Å². The highest BCUT2D eigenvalue weighted by atomic mass is 19.3. The SMILES string of the molecule is O=C(NCCc1nc2ccccc2n1C(F)F)NC1CC1. The van der Waals surface area contributed by atoms with E-state index in [1.807, 2.05) is 0 Å². The molecular weight excluding hydrogens is 278 g/mol. The van der Waals surface area contributed by atoms with E-state index in [-0.39, 0.29) is 30.9 Å². The number of imidazole rings is 1. The first-order chi connectivity index (χ1) is 10.1. The number of nitrogens with zero attached hydrogens (tertiary/aromatic N) is 2. The van der Waals surface area contributed by atoms with Crippen LogP contribution >= 0.6 is 0 Å². The zero-order chi connectivity index (χ0) is 14.8. The van der Waals surface area contributed by atoms with Gasteiger partial charge in [-0.25, -0.2) is 9.78 Å². The van der Waals surface area contributed by atoms with Crippen LogP contribution in [0.3, 0.4) is 0 Å². The van der Waals surface area contributed by atoms with Crippen LogP contribution in [-0.4, -0.2) is 28.2 Å². The van der Waals surface area contributed by atoms with E-state index < -0.39 is 6.55 Å². The number of alkyl halides is 2. The molecular formula is C14H16F2N4O. The number of fused-ring (bicyclic) bond motifs is 1. The fraction of sp³-hybridized carbons (Fsp3) is 0.429. The number of urea groups is 1. The van der Waals surface area contributed by atoms with Crippen LogP contribution in [0.2, 0.25) is 0 Å². The molecule has 2 aromatic rings. The maximum absolute atomic E-state index is 13.2. The summed E-state index contributed by atoms with van der Waals surface area (Å²) < 4.78 is 27.3. The number of aromatic nitrogens is 2. The van der Waals surface area contributed by atoms with E-state index in [1.54, 1.807) is 24.3 Å². The largest absolute Gasteiger partial charge is 0.338 e. The second-order valence-corrected chi connectivity index (χ2v) is 5.09. The standard InChI is InChI=1S/C14H16F2N4O/c15-13(16)20-11-4-2-1-3-10(11)19-12(20)7-8-17-14(21)18-9-5-6-9/h1-4,9,13H,5-8H2,(H2,17,18,21). The highest BCUT2D eigenvalue weighted by Crippen LogP contribution is 2.23. The molecule has 1 aromatic heterocycles. The van der Waals surface area contributed by atoms with Gasteiger partial charge in [0, 0.05) is 19.0 Å². The number of halogens is 2. The smallest absolute Gasteiger partial charge is 0.320 e. The molecule has 1 aliphatic carbocycles. The Morgan fingerprint density at radius 3 is 2.86 bits per heavy atom. The average Bonchev–Trinajstić information content (AvgIpc) is 3.17. The summed E-state index contributed by atoms with van der Waals surface area (Å²) >= 11 is 0. The molecule has 7 heteroatoms. The minimum atomic E-state index is -2.65. The highest BCUT2D eigenvalue weighted by molar-refractivity contribution is 5.76. The van der Waals surface area contributed by atoms with Gasteiger partial charge in [0.05, 0.1) is 11.0 Å². The van der Waals surface area contributed by atoms with Crippen molar-refractivity contribution in [3.05, 3.63) is 30.1 Å². The number of hydrogen-bond acceptors (Lipinski definition) is 2. The van der Waals surface area contributed by atoms with Crippen LogP contribution in [0.1, 0.15) is 25.2 Å². The number of nitrogens with one attached hydrogen (secondary N) is 2. The third-order valence-corrected chi connectivity index (χ3v) is 3.41. The van der Waals surface area contributed by atoms with Crippen LogP contribution in [-0.2, 0) is 6.42 Å². The second kappa shape index (κ2) is 5.67. The molecule has 0 atom stereocenters. The molecule has 1 heterocycles. The van der Waals surface area contributed by atoms with Crippen molar-refractivity contribution < 1.29 is 13.6 Å². The van der Waals surface area contributed by atoms with Crippen LogP contribution in [0, 0.1) is 0 Å². The molecule has 0 unspecified atom stereocenters. The molecule has 1 saturated carbocycles. The Balaban J connectivity index is 1.67. The van der Waals surface area contributed by atoms with Gasteiger partial charge in [-0.1, -0.05) is 12.1 Å². The Labute approximate surface area is 120 Å². The summed E-state index contributed by atoms with van der Waals surface area (Å²) in [5.74, 6) is 0.276. The van der Waals surface area contributed by atoms with E-state index in [0.717, 1.165) is 17.4 Å². The van der Waals surface area contributed by atoms with Crippen LogP contribution in [0.5, 0.6) is 0 Å². The lowest BCUT2D eigenvalue weighted by Gasteiger charge is -2.09. The van der Waals surface area contributed by atoms with Crippen molar-refractivity contribution in [3.8, 4) is 0 Å². The summed E-state index contributed by atoms with van der Waals surface area (Å²) in [6, 6.07) is 6.80. The third-order valence-electron chi connectivity index (χ3n) is 3.41.